The molecule has 1 N–H and O–H groups in total. The van der Waals surface area contributed by atoms with Gasteiger partial charge in [0.1, 0.15) is 0 Å². The second kappa shape index (κ2) is 7.24. The number of hydrogen-bond donors (Lipinski definition) is 1. The first-order valence-corrected chi connectivity index (χ1v) is 9.11. The van der Waals surface area contributed by atoms with Gasteiger partial charge < -0.3 is 5.32 Å². The van der Waals surface area contributed by atoms with Crippen LogP contribution >= 0.6 is 11.3 Å². The van der Waals surface area contributed by atoms with E-state index < -0.39 is 17.5 Å². The highest BCUT2D eigenvalue weighted by molar-refractivity contribution is 7.15. The number of hydrogen-bond acceptors (Lipinski definition) is 4. The zero-order chi connectivity index (χ0) is 18.8. The van der Waals surface area contributed by atoms with E-state index in [0.29, 0.717) is 18.8 Å². The standard InChI is InChI=1S/C19H14F2N4OS/c20-15-7-6-13(10-16(15)21)18(26)22-9-8-14-11-27-19-23-17(24-25(14)19)12-4-2-1-3-5-12/h1-7,10-11H,8-9H2,(H,22,26). The van der Waals surface area contributed by atoms with Crippen LogP contribution < -0.4 is 5.32 Å². The predicted molar refractivity (Wildman–Crippen MR) is 98.7 cm³/mol. The maximum atomic E-state index is 13.2. The smallest absolute Gasteiger partial charge is 0.251 e. The fourth-order valence-corrected chi connectivity index (χ4v) is 3.51. The number of benzene rings is 2. The molecule has 27 heavy (non-hydrogen) atoms. The van der Waals surface area contributed by atoms with Crippen LogP contribution in [0.15, 0.2) is 53.9 Å². The van der Waals surface area contributed by atoms with Crippen molar-refractivity contribution in [2.24, 2.45) is 0 Å². The van der Waals surface area contributed by atoms with Crippen LogP contribution in [0.3, 0.4) is 0 Å². The van der Waals surface area contributed by atoms with Crippen molar-refractivity contribution in [3.8, 4) is 11.4 Å². The van der Waals surface area contributed by atoms with Gasteiger partial charge in [0.2, 0.25) is 4.96 Å². The topological polar surface area (TPSA) is 59.3 Å². The maximum absolute atomic E-state index is 13.2. The molecular weight excluding hydrogens is 370 g/mol. The minimum Gasteiger partial charge on any atom is -0.352 e. The molecule has 0 unspecified atom stereocenters. The monoisotopic (exact) mass is 384 g/mol. The quantitative estimate of drug-likeness (QED) is 0.571. The highest BCUT2D eigenvalue weighted by Gasteiger charge is 2.13. The predicted octanol–water partition coefficient (Wildman–Crippen LogP) is 3.71. The third-order valence-electron chi connectivity index (χ3n) is 4.03. The van der Waals surface area contributed by atoms with Crippen molar-refractivity contribution >= 4 is 22.2 Å². The normalized spacial score (nSPS) is 11.0. The van der Waals surface area contributed by atoms with Gasteiger partial charge in [0, 0.05) is 29.5 Å². The summed E-state index contributed by atoms with van der Waals surface area (Å²) in [6.07, 6.45) is 0.535. The zero-order valence-electron chi connectivity index (χ0n) is 14.0. The molecule has 4 aromatic rings. The van der Waals surface area contributed by atoms with Crippen LogP contribution in [0, 0.1) is 11.6 Å². The van der Waals surface area contributed by atoms with Crippen LogP contribution in [0.2, 0.25) is 0 Å². The van der Waals surface area contributed by atoms with Gasteiger partial charge in [-0.3, -0.25) is 4.79 Å². The molecule has 1 amide bonds. The Labute approximate surface area is 157 Å². The number of fused-ring (bicyclic) bond motifs is 1. The highest BCUT2D eigenvalue weighted by atomic mass is 32.1. The summed E-state index contributed by atoms with van der Waals surface area (Å²) in [6.45, 7) is 0.337. The Balaban J connectivity index is 1.44. The average molecular weight is 384 g/mol. The van der Waals surface area contributed by atoms with Gasteiger partial charge in [-0.25, -0.2) is 13.3 Å². The maximum Gasteiger partial charge on any atom is 0.251 e. The molecule has 0 saturated heterocycles. The third-order valence-corrected chi connectivity index (χ3v) is 4.90. The highest BCUT2D eigenvalue weighted by Crippen LogP contribution is 2.20. The summed E-state index contributed by atoms with van der Waals surface area (Å²) in [4.78, 5) is 17.3. The molecule has 0 fully saturated rings. The molecule has 8 heteroatoms. The van der Waals surface area contributed by atoms with Crippen molar-refractivity contribution in [3.63, 3.8) is 0 Å². The van der Waals surface area contributed by atoms with Crippen molar-refractivity contribution in [1.29, 1.82) is 0 Å². The van der Waals surface area contributed by atoms with Crippen LogP contribution in [0.1, 0.15) is 16.1 Å². The first-order valence-electron chi connectivity index (χ1n) is 8.23. The number of rotatable bonds is 5. The molecule has 2 aromatic carbocycles. The molecule has 0 aliphatic rings. The Morgan fingerprint density at radius 1 is 1.11 bits per heavy atom. The molecular formula is C19H14F2N4OS. The molecule has 4 rings (SSSR count). The van der Waals surface area contributed by atoms with Crippen LogP contribution in [0.5, 0.6) is 0 Å². The van der Waals surface area contributed by atoms with Gasteiger partial charge in [0.25, 0.3) is 5.91 Å². The number of halogens is 2. The number of thiazole rings is 1. The van der Waals surface area contributed by atoms with Crippen LogP contribution in [-0.2, 0) is 6.42 Å². The number of nitrogens with zero attached hydrogens (tertiary/aromatic N) is 3. The summed E-state index contributed by atoms with van der Waals surface area (Å²) in [6, 6.07) is 12.8. The van der Waals surface area contributed by atoms with Crippen molar-refractivity contribution in [3.05, 3.63) is 76.8 Å². The lowest BCUT2D eigenvalue weighted by atomic mass is 10.2. The van der Waals surface area contributed by atoms with Gasteiger partial charge in [0.05, 0.1) is 5.69 Å². The average Bonchev–Trinajstić information content (AvgIpc) is 3.26. The van der Waals surface area contributed by atoms with Crippen molar-refractivity contribution in [1.82, 2.24) is 19.9 Å². The molecule has 0 saturated carbocycles. The van der Waals surface area contributed by atoms with Gasteiger partial charge in [-0.2, -0.15) is 4.98 Å². The molecule has 136 valence electrons. The van der Waals surface area contributed by atoms with E-state index in [-0.39, 0.29) is 5.56 Å². The second-order valence-electron chi connectivity index (χ2n) is 5.86. The van der Waals surface area contributed by atoms with E-state index in [0.717, 1.165) is 28.4 Å². The first kappa shape index (κ1) is 17.3. The second-order valence-corrected chi connectivity index (χ2v) is 6.69. The molecule has 0 bridgehead atoms. The molecule has 5 nitrogen and oxygen atoms in total. The van der Waals surface area contributed by atoms with Crippen molar-refractivity contribution in [2.75, 3.05) is 6.54 Å². The number of aromatic nitrogens is 3. The van der Waals surface area contributed by atoms with Gasteiger partial charge >= 0.3 is 0 Å². The van der Waals surface area contributed by atoms with E-state index in [1.807, 2.05) is 35.7 Å². The van der Waals surface area contributed by atoms with E-state index >= 15 is 0 Å². The molecule has 0 spiro atoms. The van der Waals surface area contributed by atoms with Crippen molar-refractivity contribution < 1.29 is 13.6 Å². The Hall–Kier alpha value is -3.13. The SMILES string of the molecule is O=C(NCCc1csc2nc(-c3ccccc3)nn12)c1ccc(F)c(F)c1. The number of nitrogens with one attached hydrogen (secondary N) is 1. The first-order chi connectivity index (χ1) is 13.1. The summed E-state index contributed by atoms with van der Waals surface area (Å²) in [5.74, 6) is -1.83. The molecule has 0 aliphatic carbocycles. The summed E-state index contributed by atoms with van der Waals surface area (Å²) in [5, 5.41) is 9.17. The Morgan fingerprint density at radius 3 is 2.70 bits per heavy atom. The number of amides is 1. The van der Waals surface area contributed by atoms with Crippen LogP contribution in [-0.4, -0.2) is 27.0 Å². The molecule has 0 radical (unpaired) electrons. The fraction of sp³-hybridized carbons (Fsp3) is 0.105. The van der Waals surface area contributed by atoms with E-state index in [2.05, 4.69) is 15.4 Å². The lowest BCUT2D eigenvalue weighted by Gasteiger charge is -2.05. The van der Waals surface area contributed by atoms with Crippen LogP contribution in [0.25, 0.3) is 16.3 Å². The lowest BCUT2D eigenvalue weighted by Crippen LogP contribution is -2.26. The minimum atomic E-state index is -1.04. The van der Waals surface area contributed by atoms with Gasteiger partial charge in [-0.05, 0) is 18.2 Å². The van der Waals surface area contributed by atoms with Gasteiger partial charge in [-0.15, -0.1) is 16.4 Å². The zero-order valence-corrected chi connectivity index (χ0v) is 14.8. The Bertz CT molecular complexity index is 1110. The molecule has 2 heterocycles. The van der Waals surface area contributed by atoms with E-state index in [9.17, 15) is 13.6 Å². The summed E-state index contributed by atoms with van der Waals surface area (Å²) >= 11 is 1.47. The van der Waals surface area contributed by atoms with Crippen LogP contribution in [0.4, 0.5) is 8.78 Å². The van der Waals surface area contributed by atoms with E-state index in [1.54, 1.807) is 4.52 Å². The number of carbonyl (C=O) groups excluding carboxylic acids is 1. The minimum absolute atomic E-state index is 0.0801. The fourth-order valence-electron chi connectivity index (χ4n) is 2.65. The molecule has 0 aliphatic heterocycles. The van der Waals surface area contributed by atoms with Gasteiger partial charge in [0.15, 0.2) is 17.5 Å². The number of carbonyl (C=O) groups is 1. The molecule has 2 aromatic heterocycles. The van der Waals surface area contributed by atoms with Crippen molar-refractivity contribution in [2.45, 2.75) is 6.42 Å². The lowest BCUT2D eigenvalue weighted by molar-refractivity contribution is 0.0953. The largest absolute Gasteiger partial charge is 0.352 e. The van der Waals surface area contributed by atoms with E-state index in [1.165, 1.54) is 17.4 Å². The summed E-state index contributed by atoms with van der Waals surface area (Å²) < 4.78 is 27.9. The Kier molecular flexibility index (Phi) is 4.64. The summed E-state index contributed by atoms with van der Waals surface area (Å²) in [7, 11) is 0. The van der Waals surface area contributed by atoms with E-state index in [4.69, 9.17) is 0 Å². The summed E-state index contributed by atoms with van der Waals surface area (Å²) in [5.41, 5.74) is 1.93. The van der Waals surface area contributed by atoms with Gasteiger partial charge in [-0.1, -0.05) is 30.3 Å². The third kappa shape index (κ3) is 3.56. The Morgan fingerprint density at radius 2 is 1.93 bits per heavy atom. The molecule has 0 atom stereocenters.